The number of benzene rings is 1. The molecule has 0 aliphatic carbocycles. The zero-order valence-electron chi connectivity index (χ0n) is 29.8. The van der Waals surface area contributed by atoms with E-state index in [-0.39, 0.29) is 48.4 Å². The van der Waals surface area contributed by atoms with Crippen LogP contribution >= 0.6 is 0 Å². The molecule has 2 aliphatic rings. The van der Waals surface area contributed by atoms with Crippen molar-refractivity contribution in [3.8, 4) is 35.8 Å². The molecule has 2 heterocycles. The first-order chi connectivity index (χ1) is 23.2. The fraction of sp³-hybridized carbons (Fsp3) is 0.611. The van der Waals surface area contributed by atoms with Crippen LogP contribution in [0.4, 0.5) is 0 Å². The van der Waals surface area contributed by atoms with E-state index in [1.54, 1.807) is 79.7 Å². The molecule has 50 heavy (non-hydrogen) atoms. The van der Waals surface area contributed by atoms with Crippen LogP contribution < -0.4 is 19.9 Å². The molecule has 0 radical (unpaired) electrons. The SMILES string of the molecule is CC1(C)CC(C(=O)OCCOc2[c-]c(=C(C#N)C#N)c(OCCOC(=O)C3CC(C)(C)[N+](=O)C(C)(C)C3)[c-]c2=C(C#N)C#N)CC(C)(C)[N+]1=O. The van der Waals surface area contributed by atoms with Gasteiger partial charge in [0.15, 0.2) is 0 Å². The molecule has 1 aromatic carbocycles. The van der Waals surface area contributed by atoms with E-state index in [4.69, 9.17) is 18.9 Å². The summed E-state index contributed by atoms with van der Waals surface area (Å²) in [6.45, 7) is 13.2. The summed E-state index contributed by atoms with van der Waals surface area (Å²) in [4.78, 5) is 51.1. The fourth-order valence-corrected chi connectivity index (χ4v) is 6.98. The maximum Gasteiger partial charge on any atom is 0.309 e. The van der Waals surface area contributed by atoms with Crippen molar-refractivity contribution in [2.75, 3.05) is 26.4 Å². The molecule has 0 amide bonds. The van der Waals surface area contributed by atoms with Gasteiger partial charge in [-0.3, -0.25) is 9.59 Å². The maximum atomic E-state index is 12.9. The number of piperidine rings is 2. The van der Waals surface area contributed by atoms with Crippen molar-refractivity contribution in [2.45, 2.75) is 103 Å². The van der Waals surface area contributed by atoms with Crippen LogP contribution in [0.1, 0.15) is 81.1 Å². The molecule has 0 aromatic heterocycles. The normalized spacial score (nSPS) is 19.0. The third-order valence-corrected chi connectivity index (χ3v) is 8.88. The number of carbonyl (C=O) groups is 2. The summed E-state index contributed by atoms with van der Waals surface area (Å²) in [5.74, 6) is -2.47. The molecule has 14 nitrogen and oxygen atoms in total. The Morgan fingerprint density at radius 3 is 1.14 bits per heavy atom. The van der Waals surface area contributed by atoms with Gasteiger partial charge in [0.2, 0.25) is 22.2 Å². The second-order valence-corrected chi connectivity index (χ2v) is 14.9. The lowest BCUT2D eigenvalue weighted by Gasteiger charge is -2.35. The molecule has 264 valence electrons. The Morgan fingerprint density at radius 2 is 0.880 bits per heavy atom. The molecule has 0 N–H and O–H groups in total. The quantitative estimate of drug-likeness (QED) is 0.151. The molecule has 1 aromatic rings. The predicted octanol–water partition coefficient (Wildman–Crippen LogP) is 3.02. The molecule has 2 saturated heterocycles. The number of hydrogen-bond acceptors (Lipinski definition) is 12. The van der Waals surface area contributed by atoms with Crippen LogP contribution in [0.3, 0.4) is 0 Å². The second kappa shape index (κ2) is 15.0. The van der Waals surface area contributed by atoms with Gasteiger partial charge in [0.05, 0.1) is 11.8 Å². The van der Waals surface area contributed by atoms with Crippen molar-refractivity contribution in [3.63, 3.8) is 0 Å². The van der Waals surface area contributed by atoms with Gasteiger partial charge in [0.1, 0.15) is 26.4 Å². The fourth-order valence-electron chi connectivity index (χ4n) is 6.98. The molecular formula is C36H42N6O8. The summed E-state index contributed by atoms with van der Waals surface area (Å²) >= 11 is 0. The minimum absolute atomic E-state index is 0.174. The number of nitroso groups, excluding NO2 is 2. The van der Waals surface area contributed by atoms with Gasteiger partial charge >= 0.3 is 11.9 Å². The van der Waals surface area contributed by atoms with Gasteiger partial charge in [0.25, 0.3) is 0 Å². The molecule has 0 unspecified atom stereocenters. The smallest absolute Gasteiger partial charge is 0.309 e. The van der Waals surface area contributed by atoms with Gasteiger partial charge in [-0.25, -0.2) is 21.0 Å². The van der Waals surface area contributed by atoms with Crippen LogP contribution in [0, 0.1) is 79.1 Å². The highest BCUT2D eigenvalue weighted by atomic mass is 16.6. The number of hydrogen-bond donors (Lipinski definition) is 0. The van der Waals surface area contributed by atoms with Crippen molar-refractivity contribution in [1.29, 1.82) is 21.0 Å². The van der Waals surface area contributed by atoms with E-state index >= 15 is 0 Å². The van der Waals surface area contributed by atoms with Gasteiger partial charge in [-0.2, -0.15) is 22.6 Å². The Hall–Kier alpha value is -5.34. The first-order valence-electron chi connectivity index (χ1n) is 16.2. The molecule has 3 rings (SSSR count). The lowest BCUT2D eigenvalue weighted by Crippen LogP contribution is -2.55. The first kappa shape index (κ1) is 39.1. The van der Waals surface area contributed by atoms with Crippen molar-refractivity contribution in [3.05, 3.63) is 32.4 Å². The van der Waals surface area contributed by atoms with E-state index in [1.165, 1.54) is 0 Å². The summed E-state index contributed by atoms with van der Waals surface area (Å²) in [5, 5.41) is 38.1. The van der Waals surface area contributed by atoms with Crippen molar-refractivity contribution < 1.29 is 38.1 Å². The maximum absolute atomic E-state index is 12.9. The summed E-state index contributed by atoms with van der Waals surface area (Å²) in [6.07, 6.45) is 1.21. The van der Waals surface area contributed by atoms with Gasteiger partial charge < -0.3 is 18.9 Å². The first-order valence-corrected chi connectivity index (χ1v) is 16.2. The zero-order chi connectivity index (χ0) is 37.7. The summed E-state index contributed by atoms with van der Waals surface area (Å²) in [5.41, 5.74) is -3.96. The number of rotatable bonds is 10. The number of nitriles is 4. The van der Waals surface area contributed by atoms with E-state index in [2.05, 4.69) is 12.1 Å². The van der Waals surface area contributed by atoms with Gasteiger partial charge in [0, 0.05) is 136 Å². The van der Waals surface area contributed by atoms with E-state index in [0.29, 0.717) is 25.7 Å². The minimum atomic E-state index is -0.773. The lowest BCUT2D eigenvalue weighted by molar-refractivity contribution is -0.694. The highest BCUT2D eigenvalue weighted by Gasteiger charge is 2.56. The predicted molar refractivity (Wildman–Crippen MR) is 175 cm³/mol. The minimum Gasteiger partial charge on any atom is -0.552 e. The molecule has 0 saturated carbocycles. The Bertz CT molecular complexity index is 1660. The topological polar surface area (TPSA) is 206 Å². The van der Waals surface area contributed by atoms with Crippen LogP contribution in [0.2, 0.25) is 0 Å². The zero-order valence-corrected chi connectivity index (χ0v) is 29.8. The monoisotopic (exact) mass is 686 g/mol. The number of esters is 2. The van der Waals surface area contributed by atoms with Gasteiger partial charge in [-0.05, 0) is 11.5 Å². The average Bonchev–Trinajstić information content (AvgIpc) is 3.04. The highest BCUT2D eigenvalue weighted by molar-refractivity contribution is 5.77. The Kier molecular flexibility index (Phi) is 11.8. The van der Waals surface area contributed by atoms with E-state index in [0.717, 1.165) is 9.52 Å². The van der Waals surface area contributed by atoms with E-state index in [1.807, 2.05) is 0 Å². The van der Waals surface area contributed by atoms with E-state index < -0.39 is 57.1 Å². The van der Waals surface area contributed by atoms with Crippen LogP contribution in [0.5, 0.6) is 11.5 Å². The lowest BCUT2D eigenvalue weighted by atomic mass is 9.75. The third-order valence-electron chi connectivity index (χ3n) is 8.88. The second-order valence-electron chi connectivity index (χ2n) is 14.9. The molecule has 2 fully saturated rings. The van der Waals surface area contributed by atoms with Gasteiger partial charge in [-0.1, -0.05) is 0 Å². The molecule has 14 heteroatoms. The van der Waals surface area contributed by atoms with Crippen molar-refractivity contribution >= 4 is 23.1 Å². The Labute approximate surface area is 291 Å². The molecule has 2 aliphatic heterocycles. The van der Waals surface area contributed by atoms with Crippen LogP contribution in [0.25, 0.3) is 11.1 Å². The number of nitrogens with zero attached hydrogens (tertiary/aromatic N) is 6. The molecular weight excluding hydrogens is 644 g/mol. The standard InChI is InChI=1S/C36H42N6O8/c1-33(2)15-23(16-34(3,4)41(33)45)31(43)49-11-9-47-29-13-28(26(21-39)22-40)30(14-27(29)25(19-37)20-38)48-10-12-50-32(44)24-17-35(5,6)42(46)36(7,8)18-24/h23-24H,9-12,15-18H2,1-8H3. The number of carbonyl (C=O) groups excluding carboxylic acids is 2. The number of ether oxygens (including phenoxy) is 4. The van der Waals surface area contributed by atoms with Crippen molar-refractivity contribution in [2.24, 2.45) is 11.8 Å². The summed E-state index contributed by atoms with van der Waals surface area (Å²) in [7, 11) is 0. The third kappa shape index (κ3) is 8.62. The van der Waals surface area contributed by atoms with Gasteiger partial charge in [-0.15, -0.1) is 0 Å². The summed E-state index contributed by atoms with van der Waals surface area (Å²) in [6, 6.07) is 12.4. The van der Waals surface area contributed by atoms with Crippen LogP contribution in [-0.4, -0.2) is 70.0 Å². The Balaban J connectivity index is 1.77. The molecule has 0 atom stereocenters. The molecule has 0 spiro atoms. The average molecular weight is 687 g/mol. The highest BCUT2D eigenvalue weighted by Crippen LogP contribution is 2.39. The van der Waals surface area contributed by atoms with Crippen LogP contribution in [0.15, 0.2) is 0 Å². The van der Waals surface area contributed by atoms with E-state index in [9.17, 15) is 40.5 Å². The largest absolute Gasteiger partial charge is 0.552 e. The Morgan fingerprint density at radius 1 is 0.600 bits per heavy atom. The molecule has 0 bridgehead atoms. The van der Waals surface area contributed by atoms with Crippen molar-refractivity contribution in [1.82, 2.24) is 0 Å². The van der Waals surface area contributed by atoms with Crippen LogP contribution in [-0.2, 0) is 19.1 Å². The summed E-state index contributed by atoms with van der Waals surface area (Å²) < 4.78 is 24.4.